The van der Waals surface area contributed by atoms with Gasteiger partial charge < -0.3 is 20.1 Å². The lowest BCUT2D eigenvalue weighted by Crippen LogP contribution is -2.56. The molecular formula is C15H26N2O4. The Morgan fingerprint density at radius 3 is 2.48 bits per heavy atom. The topological polar surface area (TPSA) is 78.9 Å². The van der Waals surface area contributed by atoms with Crippen LogP contribution >= 0.6 is 0 Å². The lowest BCUT2D eigenvalue weighted by Gasteiger charge is -2.38. The normalized spacial score (nSPS) is 20.8. The lowest BCUT2D eigenvalue weighted by atomic mass is 9.79. The molecule has 0 aromatic carbocycles. The molecule has 2 aliphatic rings. The zero-order valence-corrected chi connectivity index (χ0v) is 12.8. The van der Waals surface area contributed by atoms with Crippen molar-refractivity contribution in [2.75, 3.05) is 20.3 Å². The largest absolute Gasteiger partial charge is 0.481 e. The fraction of sp³-hybridized carbons (Fsp3) is 0.867. The van der Waals surface area contributed by atoms with Crippen molar-refractivity contribution in [3.63, 3.8) is 0 Å². The van der Waals surface area contributed by atoms with Crippen LogP contribution in [-0.2, 0) is 9.53 Å². The molecule has 0 spiro atoms. The number of urea groups is 1. The van der Waals surface area contributed by atoms with Gasteiger partial charge in [-0.1, -0.05) is 19.3 Å². The number of aliphatic carboxylic acids is 1. The third-order valence-electron chi connectivity index (χ3n) is 4.46. The van der Waals surface area contributed by atoms with E-state index in [0.29, 0.717) is 19.2 Å². The Kier molecular flexibility index (Phi) is 5.45. The maximum atomic E-state index is 12.6. The number of hydrogen-bond donors (Lipinski definition) is 2. The fourth-order valence-electron chi connectivity index (χ4n) is 3.19. The number of carboxylic acid groups (broad SMARTS) is 1. The number of carbonyl (C=O) groups is 2. The molecule has 2 aliphatic carbocycles. The molecular weight excluding hydrogens is 272 g/mol. The van der Waals surface area contributed by atoms with Gasteiger partial charge in [0, 0.05) is 19.7 Å². The molecule has 2 fully saturated rings. The number of rotatable bonds is 7. The van der Waals surface area contributed by atoms with E-state index in [-0.39, 0.29) is 12.5 Å². The van der Waals surface area contributed by atoms with Crippen molar-refractivity contribution in [1.29, 1.82) is 0 Å². The maximum Gasteiger partial charge on any atom is 0.318 e. The van der Waals surface area contributed by atoms with E-state index in [9.17, 15) is 9.59 Å². The number of carbonyl (C=O) groups excluding carboxylic acids is 1. The number of methoxy groups -OCH3 is 1. The van der Waals surface area contributed by atoms with Crippen molar-refractivity contribution in [1.82, 2.24) is 10.2 Å². The monoisotopic (exact) mass is 298 g/mol. The van der Waals surface area contributed by atoms with Crippen molar-refractivity contribution in [2.45, 2.75) is 62.9 Å². The Labute approximate surface area is 125 Å². The molecule has 6 heteroatoms. The van der Waals surface area contributed by atoms with E-state index >= 15 is 0 Å². The predicted octanol–water partition coefficient (Wildman–Crippen LogP) is 1.98. The van der Waals surface area contributed by atoms with Crippen LogP contribution in [0.25, 0.3) is 0 Å². The molecule has 2 amide bonds. The first-order valence-electron chi connectivity index (χ1n) is 7.86. The highest BCUT2D eigenvalue weighted by Gasteiger charge is 2.39. The Morgan fingerprint density at radius 1 is 1.29 bits per heavy atom. The SMILES string of the molecule is COCCN(C(=O)NC1(CC(=O)O)CCCCC1)C1CC1. The standard InChI is InChI=1S/C15H26N2O4/c1-21-10-9-17(12-5-6-12)14(20)16-15(11-13(18)19)7-3-2-4-8-15/h12H,2-11H2,1H3,(H,16,20)(H,18,19). The molecule has 0 heterocycles. The summed E-state index contributed by atoms with van der Waals surface area (Å²) in [6, 6.07) is 0.170. The van der Waals surface area contributed by atoms with Gasteiger partial charge in [0.1, 0.15) is 0 Å². The summed E-state index contributed by atoms with van der Waals surface area (Å²) in [4.78, 5) is 25.5. The van der Waals surface area contributed by atoms with E-state index < -0.39 is 11.5 Å². The molecule has 0 atom stereocenters. The summed E-state index contributed by atoms with van der Waals surface area (Å²) in [5.41, 5.74) is -0.568. The van der Waals surface area contributed by atoms with E-state index in [1.807, 2.05) is 4.90 Å². The highest BCUT2D eigenvalue weighted by molar-refractivity contribution is 5.77. The van der Waals surface area contributed by atoms with Crippen molar-refractivity contribution in [3.05, 3.63) is 0 Å². The molecule has 0 aliphatic heterocycles. The number of amides is 2. The first-order chi connectivity index (χ1) is 10.1. The van der Waals surface area contributed by atoms with Crippen LogP contribution in [0.5, 0.6) is 0 Å². The summed E-state index contributed by atoms with van der Waals surface area (Å²) >= 11 is 0. The van der Waals surface area contributed by atoms with E-state index in [4.69, 9.17) is 9.84 Å². The Balaban J connectivity index is 2.00. The number of hydrogen-bond acceptors (Lipinski definition) is 3. The van der Waals surface area contributed by atoms with E-state index in [1.165, 1.54) is 0 Å². The summed E-state index contributed by atoms with van der Waals surface area (Å²) in [5, 5.41) is 12.2. The van der Waals surface area contributed by atoms with E-state index in [0.717, 1.165) is 44.9 Å². The van der Waals surface area contributed by atoms with Gasteiger partial charge in [0.05, 0.1) is 18.6 Å². The highest BCUT2D eigenvalue weighted by atomic mass is 16.5. The Morgan fingerprint density at radius 2 is 1.95 bits per heavy atom. The van der Waals surface area contributed by atoms with Crippen LogP contribution in [0.3, 0.4) is 0 Å². The third kappa shape index (κ3) is 4.59. The number of nitrogens with zero attached hydrogens (tertiary/aromatic N) is 1. The van der Waals surface area contributed by atoms with Crippen LogP contribution in [0.4, 0.5) is 4.79 Å². The minimum atomic E-state index is -0.841. The van der Waals surface area contributed by atoms with Gasteiger partial charge >= 0.3 is 12.0 Å². The van der Waals surface area contributed by atoms with Crippen LogP contribution in [0, 0.1) is 0 Å². The molecule has 0 aromatic rings. The Hall–Kier alpha value is -1.30. The molecule has 0 bridgehead atoms. The third-order valence-corrected chi connectivity index (χ3v) is 4.46. The van der Waals surface area contributed by atoms with Crippen molar-refractivity contribution < 1.29 is 19.4 Å². The molecule has 120 valence electrons. The average Bonchev–Trinajstić information content (AvgIpc) is 3.23. The van der Waals surface area contributed by atoms with Crippen molar-refractivity contribution in [2.24, 2.45) is 0 Å². The molecule has 2 N–H and O–H groups in total. The predicted molar refractivity (Wildman–Crippen MR) is 78.2 cm³/mol. The smallest absolute Gasteiger partial charge is 0.318 e. The van der Waals surface area contributed by atoms with Gasteiger partial charge in [-0.25, -0.2) is 4.79 Å². The molecule has 0 aromatic heterocycles. The number of nitrogens with one attached hydrogen (secondary N) is 1. The van der Waals surface area contributed by atoms with Crippen LogP contribution in [0.15, 0.2) is 0 Å². The first-order valence-corrected chi connectivity index (χ1v) is 7.86. The summed E-state index contributed by atoms with van der Waals surface area (Å²) < 4.78 is 5.06. The molecule has 21 heavy (non-hydrogen) atoms. The van der Waals surface area contributed by atoms with Gasteiger partial charge in [-0.05, 0) is 25.7 Å². The van der Waals surface area contributed by atoms with Crippen LogP contribution in [0.1, 0.15) is 51.4 Å². The van der Waals surface area contributed by atoms with Crippen LogP contribution in [-0.4, -0.2) is 53.8 Å². The molecule has 0 saturated heterocycles. The van der Waals surface area contributed by atoms with Gasteiger partial charge in [0.15, 0.2) is 0 Å². The zero-order valence-electron chi connectivity index (χ0n) is 12.8. The summed E-state index contributed by atoms with van der Waals surface area (Å²) in [6.07, 6.45) is 6.67. The minimum absolute atomic E-state index is 0.0154. The molecule has 2 rings (SSSR count). The zero-order chi connectivity index (χ0) is 15.3. The van der Waals surface area contributed by atoms with Crippen LogP contribution < -0.4 is 5.32 Å². The quantitative estimate of drug-likeness (QED) is 0.753. The van der Waals surface area contributed by atoms with Crippen LogP contribution in [0.2, 0.25) is 0 Å². The summed E-state index contributed by atoms with van der Waals surface area (Å²) in [6.45, 7) is 1.08. The molecule has 6 nitrogen and oxygen atoms in total. The molecule has 2 saturated carbocycles. The minimum Gasteiger partial charge on any atom is -0.481 e. The van der Waals surface area contributed by atoms with Gasteiger partial charge in [0.2, 0.25) is 0 Å². The van der Waals surface area contributed by atoms with Gasteiger partial charge in [-0.15, -0.1) is 0 Å². The average molecular weight is 298 g/mol. The van der Waals surface area contributed by atoms with Crippen molar-refractivity contribution >= 4 is 12.0 Å². The summed E-state index contributed by atoms with van der Waals surface area (Å²) in [5.74, 6) is -0.841. The second kappa shape index (κ2) is 7.11. The summed E-state index contributed by atoms with van der Waals surface area (Å²) in [7, 11) is 1.62. The van der Waals surface area contributed by atoms with Gasteiger partial charge in [-0.2, -0.15) is 0 Å². The van der Waals surface area contributed by atoms with Crippen molar-refractivity contribution in [3.8, 4) is 0 Å². The maximum absolute atomic E-state index is 12.6. The fourth-order valence-corrected chi connectivity index (χ4v) is 3.19. The second-order valence-corrected chi connectivity index (χ2v) is 6.26. The van der Waals surface area contributed by atoms with E-state index in [1.54, 1.807) is 7.11 Å². The molecule has 0 radical (unpaired) electrons. The van der Waals surface area contributed by atoms with Gasteiger partial charge in [-0.3, -0.25) is 4.79 Å². The number of carboxylic acids is 1. The molecule has 0 unspecified atom stereocenters. The highest BCUT2D eigenvalue weighted by Crippen LogP contribution is 2.32. The lowest BCUT2D eigenvalue weighted by molar-refractivity contribution is -0.139. The van der Waals surface area contributed by atoms with E-state index in [2.05, 4.69) is 5.32 Å². The van der Waals surface area contributed by atoms with Gasteiger partial charge in [0.25, 0.3) is 0 Å². The second-order valence-electron chi connectivity index (χ2n) is 6.26. The Bertz CT molecular complexity index is 376. The number of ether oxygens (including phenoxy) is 1. The first kappa shape index (κ1) is 16.1.